The SMILES string of the molecule is CO/C(=C\C=C\Cc1ccccc1Cl)c1ccccc1Cl. The minimum atomic E-state index is 0.671. The second kappa shape index (κ2) is 7.92. The summed E-state index contributed by atoms with van der Waals surface area (Å²) in [5.74, 6) is 0.732. The van der Waals surface area contributed by atoms with Gasteiger partial charge in [-0.2, -0.15) is 0 Å². The lowest BCUT2D eigenvalue weighted by atomic mass is 10.1. The maximum atomic E-state index is 6.16. The fourth-order valence-corrected chi connectivity index (χ4v) is 2.38. The summed E-state index contributed by atoms with van der Waals surface area (Å²) in [7, 11) is 1.64. The first-order valence-corrected chi connectivity index (χ1v) is 7.37. The number of allylic oxidation sites excluding steroid dienone is 3. The van der Waals surface area contributed by atoms with Crippen molar-refractivity contribution in [2.45, 2.75) is 6.42 Å². The predicted molar refractivity (Wildman–Crippen MR) is 90.7 cm³/mol. The van der Waals surface area contributed by atoms with Crippen molar-refractivity contribution in [3.63, 3.8) is 0 Å². The van der Waals surface area contributed by atoms with Crippen LogP contribution in [-0.4, -0.2) is 7.11 Å². The number of halogens is 2. The summed E-state index contributed by atoms with van der Waals surface area (Å²) in [6.45, 7) is 0. The number of hydrogen-bond donors (Lipinski definition) is 0. The van der Waals surface area contributed by atoms with Crippen LogP contribution in [0.25, 0.3) is 5.76 Å². The largest absolute Gasteiger partial charge is 0.496 e. The minimum Gasteiger partial charge on any atom is -0.496 e. The van der Waals surface area contributed by atoms with Crippen molar-refractivity contribution in [3.8, 4) is 0 Å². The van der Waals surface area contributed by atoms with Crippen LogP contribution in [0.3, 0.4) is 0 Å². The molecule has 0 aliphatic heterocycles. The Morgan fingerprint density at radius 2 is 1.67 bits per heavy atom. The lowest BCUT2D eigenvalue weighted by molar-refractivity contribution is 0.370. The van der Waals surface area contributed by atoms with E-state index in [-0.39, 0.29) is 0 Å². The van der Waals surface area contributed by atoms with Crippen molar-refractivity contribution in [2.75, 3.05) is 7.11 Å². The summed E-state index contributed by atoms with van der Waals surface area (Å²) in [6.07, 6.45) is 6.66. The van der Waals surface area contributed by atoms with Gasteiger partial charge in [0.1, 0.15) is 5.76 Å². The van der Waals surface area contributed by atoms with Crippen LogP contribution in [0.2, 0.25) is 10.0 Å². The first-order valence-electron chi connectivity index (χ1n) is 6.61. The molecule has 0 aromatic heterocycles. The van der Waals surface area contributed by atoms with Gasteiger partial charge in [-0.25, -0.2) is 0 Å². The monoisotopic (exact) mass is 318 g/mol. The van der Waals surface area contributed by atoms with Gasteiger partial charge in [-0.05, 0) is 36.3 Å². The molecule has 0 bridgehead atoms. The normalized spacial score (nSPS) is 11.9. The van der Waals surface area contributed by atoms with Crippen LogP contribution in [0.5, 0.6) is 0 Å². The topological polar surface area (TPSA) is 9.23 Å². The Labute approximate surface area is 135 Å². The van der Waals surface area contributed by atoms with E-state index in [1.165, 1.54) is 0 Å². The van der Waals surface area contributed by atoms with Crippen molar-refractivity contribution in [1.29, 1.82) is 0 Å². The fraction of sp³-hybridized carbons (Fsp3) is 0.111. The maximum Gasteiger partial charge on any atom is 0.127 e. The first kappa shape index (κ1) is 15.7. The molecule has 0 unspecified atom stereocenters. The molecule has 2 aromatic rings. The molecule has 3 heteroatoms. The van der Waals surface area contributed by atoms with Gasteiger partial charge < -0.3 is 4.74 Å². The molecular weight excluding hydrogens is 303 g/mol. The van der Waals surface area contributed by atoms with Crippen LogP contribution >= 0.6 is 23.2 Å². The zero-order valence-corrected chi connectivity index (χ0v) is 13.2. The van der Waals surface area contributed by atoms with Gasteiger partial charge in [0.15, 0.2) is 0 Å². The molecule has 0 spiro atoms. The molecule has 0 heterocycles. The highest BCUT2D eigenvalue weighted by Gasteiger charge is 2.04. The number of rotatable bonds is 5. The molecule has 0 N–H and O–H groups in total. The van der Waals surface area contributed by atoms with Gasteiger partial charge in [0.05, 0.1) is 12.1 Å². The van der Waals surface area contributed by atoms with Gasteiger partial charge in [0, 0.05) is 10.6 Å². The molecule has 0 fully saturated rings. The van der Waals surface area contributed by atoms with E-state index in [0.717, 1.165) is 28.3 Å². The van der Waals surface area contributed by atoms with Crippen molar-refractivity contribution >= 4 is 29.0 Å². The summed E-state index contributed by atoms with van der Waals surface area (Å²) in [6, 6.07) is 15.4. The first-order chi connectivity index (χ1) is 10.2. The molecule has 2 aromatic carbocycles. The Kier molecular flexibility index (Phi) is 5.91. The Morgan fingerprint density at radius 3 is 2.33 bits per heavy atom. The Balaban J connectivity index is 2.10. The van der Waals surface area contributed by atoms with E-state index < -0.39 is 0 Å². The Bertz CT molecular complexity index is 660. The van der Waals surface area contributed by atoms with Crippen LogP contribution in [0.15, 0.2) is 66.8 Å². The average Bonchev–Trinajstić information content (AvgIpc) is 2.50. The minimum absolute atomic E-state index is 0.671. The molecule has 0 saturated carbocycles. The molecule has 21 heavy (non-hydrogen) atoms. The number of methoxy groups -OCH3 is 1. The molecule has 0 radical (unpaired) electrons. The summed E-state index contributed by atoms with van der Waals surface area (Å²) >= 11 is 12.3. The third-order valence-electron chi connectivity index (χ3n) is 3.04. The molecule has 2 rings (SSSR count). The molecule has 108 valence electrons. The molecule has 0 aliphatic carbocycles. The summed E-state index contributed by atoms with van der Waals surface area (Å²) < 4.78 is 5.39. The second-order valence-corrected chi connectivity index (χ2v) is 5.25. The van der Waals surface area contributed by atoms with Gasteiger partial charge in [-0.15, -0.1) is 0 Å². The smallest absolute Gasteiger partial charge is 0.127 e. The highest BCUT2D eigenvalue weighted by atomic mass is 35.5. The number of benzene rings is 2. The Hall–Kier alpha value is -1.70. The van der Waals surface area contributed by atoms with Crippen molar-refractivity contribution < 1.29 is 4.74 Å². The molecule has 1 nitrogen and oxygen atoms in total. The second-order valence-electron chi connectivity index (χ2n) is 4.44. The van der Waals surface area contributed by atoms with E-state index in [1.807, 2.05) is 66.8 Å². The standard InChI is InChI=1S/C18H16Cl2O/c1-21-18(15-10-4-6-12-17(15)20)13-7-3-9-14-8-2-5-11-16(14)19/h2-8,10-13H,9H2,1H3/b7-3+,18-13-. The highest BCUT2D eigenvalue weighted by Crippen LogP contribution is 2.24. The van der Waals surface area contributed by atoms with Gasteiger partial charge in [-0.1, -0.05) is 65.7 Å². The summed E-state index contributed by atoms with van der Waals surface area (Å²) in [5, 5.41) is 1.45. The zero-order chi connectivity index (χ0) is 15.1. The van der Waals surface area contributed by atoms with Crippen LogP contribution in [-0.2, 0) is 11.2 Å². The van der Waals surface area contributed by atoms with E-state index in [0.29, 0.717) is 5.02 Å². The lowest BCUT2D eigenvalue weighted by Gasteiger charge is -2.07. The van der Waals surface area contributed by atoms with E-state index in [4.69, 9.17) is 27.9 Å². The fourth-order valence-electron chi connectivity index (χ4n) is 1.94. The quantitative estimate of drug-likeness (QED) is 0.501. The molecule has 0 aliphatic rings. The van der Waals surface area contributed by atoms with Crippen molar-refractivity contribution in [2.24, 2.45) is 0 Å². The molecule has 0 amide bonds. The third kappa shape index (κ3) is 4.38. The van der Waals surface area contributed by atoms with Crippen LogP contribution < -0.4 is 0 Å². The van der Waals surface area contributed by atoms with Crippen molar-refractivity contribution in [1.82, 2.24) is 0 Å². The molecule has 0 atom stereocenters. The Morgan fingerprint density at radius 1 is 1.00 bits per heavy atom. The maximum absolute atomic E-state index is 6.16. The predicted octanol–water partition coefficient (Wildman–Crippen LogP) is 5.78. The number of hydrogen-bond acceptors (Lipinski definition) is 1. The summed E-state index contributed by atoms with van der Waals surface area (Å²) in [4.78, 5) is 0. The zero-order valence-electron chi connectivity index (χ0n) is 11.7. The van der Waals surface area contributed by atoms with Crippen LogP contribution in [0, 0.1) is 0 Å². The van der Waals surface area contributed by atoms with Gasteiger partial charge >= 0.3 is 0 Å². The van der Waals surface area contributed by atoms with E-state index >= 15 is 0 Å². The van der Waals surface area contributed by atoms with Crippen LogP contribution in [0.4, 0.5) is 0 Å². The van der Waals surface area contributed by atoms with Gasteiger partial charge in [-0.3, -0.25) is 0 Å². The van der Waals surface area contributed by atoms with E-state index in [1.54, 1.807) is 7.11 Å². The summed E-state index contributed by atoms with van der Waals surface area (Å²) in [5.41, 5.74) is 1.98. The molecule has 0 saturated heterocycles. The van der Waals surface area contributed by atoms with Gasteiger partial charge in [0.25, 0.3) is 0 Å². The van der Waals surface area contributed by atoms with Crippen LogP contribution in [0.1, 0.15) is 11.1 Å². The highest BCUT2D eigenvalue weighted by molar-refractivity contribution is 6.32. The average molecular weight is 319 g/mol. The third-order valence-corrected chi connectivity index (χ3v) is 3.74. The van der Waals surface area contributed by atoms with E-state index in [9.17, 15) is 0 Å². The molecular formula is C18H16Cl2O. The van der Waals surface area contributed by atoms with E-state index in [2.05, 4.69) is 0 Å². The lowest BCUT2D eigenvalue weighted by Crippen LogP contribution is -1.88. The van der Waals surface area contributed by atoms with Gasteiger partial charge in [0.2, 0.25) is 0 Å². The van der Waals surface area contributed by atoms with Crippen molar-refractivity contribution in [3.05, 3.63) is 87.9 Å². The number of ether oxygens (including phenoxy) is 1.